The molecule has 1 unspecified atom stereocenters. The van der Waals surface area contributed by atoms with E-state index >= 15 is 0 Å². The molecule has 0 fully saturated rings. The van der Waals surface area contributed by atoms with E-state index < -0.39 is 24.0 Å². The van der Waals surface area contributed by atoms with Crippen molar-refractivity contribution in [3.63, 3.8) is 0 Å². The summed E-state index contributed by atoms with van der Waals surface area (Å²) in [5, 5.41) is 38.0. The zero-order chi connectivity index (χ0) is 14.2. The zero-order valence-corrected chi connectivity index (χ0v) is 10.3. The Balaban J connectivity index is 4.24. The van der Waals surface area contributed by atoms with Crippen LogP contribution in [0, 0.1) is 0 Å². The van der Waals surface area contributed by atoms with Crippen LogP contribution in [0.5, 0.6) is 0 Å². The first kappa shape index (κ1) is 16.6. The molecule has 1 atom stereocenters. The first-order valence-corrected chi connectivity index (χ1v) is 5.51. The van der Waals surface area contributed by atoms with Gasteiger partial charge in [-0.2, -0.15) is 0 Å². The molecular weight excluding hydrogens is 244 g/mol. The maximum Gasteiger partial charge on any atom is 0.317 e. The first-order valence-electron chi connectivity index (χ1n) is 5.51. The fourth-order valence-corrected chi connectivity index (χ4v) is 1.32. The average Bonchev–Trinajstić information content (AvgIpc) is 2.24. The second-order valence-electron chi connectivity index (χ2n) is 4.16. The number of carboxylic acid groups (broad SMARTS) is 1. The second-order valence-corrected chi connectivity index (χ2v) is 4.16. The number of aliphatic hydroxyl groups is 3. The van der Waals surface area contributed by atoms with Gasteiger partial charge in [0.15, 0.2) is 0 Å². The maximum absolute atomic E-state index is 11.6. The van der Waals surface area contributed by atoms with Crippen molar-refractivity contribution in [1.82, 2.24) is 10.2 Å². The quantitative estimate of drug-likeness (QED) is 0.352. The number of rotatable bonds is 8. The monoisotopic (exact) mass is 264 g/mol. The standard InChI is InChI=1S/C10H20N2O6/c1-10(18,6-8(15)16)7-11-9(17)12(2-4-13)3-5-14/h13-14,18H,2-7H2,1H3,(H,11,17)(H,15,16). The largest absolute Gasteiger partial charge is 0.481 e. The van der Waals surface area contributed by atoms with Gasteiger partial charge in [0.2, 0.25) is 0 Å². The van der Waals surface area contributed by atoms with Gasteiger partial charge in [0.05, 0.1) is 25.2 Å². The van der Waals surface area contributed by atoms with Crippen molar-refractivity contribution in [2.45, 2.75) is 18.9 Å². The first-order chi connectivity index (χ1) is 8.32. The van der Waals surface area contributed by atoms with Gasteiger partial charge in [0.1, 0.15) is 0 Å². The van der Waals surface area contributed by atoms with Gasteiger partial charge in [-0.05, 0) is 6.92 Å². The number of nitrogens with one attached hydrogen (secondary N) is 1. The van der Waals surface area contributed by atoms with Crippen molar-refractivity contribution < 1.29 is 30.0 Å². The molecule has 0 aromatic carbocycles. The third-order valence-electron chi connectivity index (χ3n) is 2.18. The van der Waals surface area contributed by atoms with Crippen molar-refractivity contribution >= 4 is 12.0 Å². The number of amides is 2. The molecule has 8 nitrogen and oxygen atoms in total. The summed E-state index contributed by atoms with van der Waals surface area (Å²) < 4.78 is 0. The highest BCUT2D eigenvalue weighted by atomic mass is 16.4. The van der Waals surface area contributed by atoms with Gasteiger partial charge in [0, 0.05) is 19.6 Å². The van der Waals surface area contributed by atoms with Gasteiger partial charge in [-0.3, -0.25) is 4.79 Å². The Kier molecular flexibility index (Phi) is 7.25. The summed E-state index contributed by atoms with van der Waals surface area (Å²) in [6.45, 7) is 0.661. The van der Waals surface area contributed by atoms with Crippen molar-refractivity contribution in [3.8, 4) is 0 Å². The Labute approximate surface area is 105 Å². The molecule has 0 rings (SSSR count). The van der Waals surface area contributed by atoms with Crippen LogP contribution < -0.4 is 5.32 Å². The van der Waals surface area contributed by atoms with E-state index in [4.69, 9.17) is 15.3 Å². The molecule has 0 saturated carbocycles. The number of hydrogen-bond donors (Lipinski definition) is 5. The molecule has 0 heterocycles. The van der Waals surface area contributed by atoms with E-state index in [1.54, 1.807) is 0 Å². The van der Waals surface area contributed by atoms with Crippen LogP contribution in [0.2, 0.25) is 0 Å². The fourth-order valence-electron chi connectivity index (χ4n) is 1.32. The Morgan fingerprint density at radius 3 is 2.11 bits per heavy atom. The van der Waals surface area contributed by atoms with Crippen LogP contribution in [-0.2, 0) is 4.79 Å². The molecule has 0 spiro atoms. The van der Waals surface area contributed by atoms with Crippen LogP contribution >= 0.6 is 0 Å². The molecule has 0 aliphatic heterocycles. The van der Waals surface area contributed by atoms with E-state index in [0.29, 0.717) is 0 Å². The third-order valence-corrected chi connectivity index (χ3v) is 2.18. The molecule has 18 heavy (non-hydrogen) atoms. The van der Waals surface area contributed by atoms with Gasteiger partial charge in [-0.1, -0.05) is 0 Å². The molecule has 0 aromatic rings. The number of carbonyl (C=O) groups excluding carboxylic acids is 1. The number of hydrogen-bond acceptors (Lipinski definition) is 5. The zero-order valence-electron chi connectivity index (χ0n) is 10.3. The molecule has 0 aliphatic rings. The molecule has 0 radical (unpaired) electrons. The molecule has 0 bridgehead atoms. The minimum absolute atomic E-state index is 0.0491. The third kappa shape index (κ3) is 7.05. The van der Waals surface area contributed by atoms with E-state index in [9.17, 15) is 14.7 Å². The smallest absolute Gasteiger partial charge is 0.317 e. The summed E-state index contributed by atoms with van der Waals surface area (Å²) in [7, 11) is 0. The lowest BCUT2D eigenvalue weighted by Gasteiger charge is -2.25. The minimum Gasteiger partial charge on any atom is -0.481 e. The number of carboxylic acids is 1. The topological polar surface area (TPSA) is 130 Å². The maximum atomic E-state index is 11.6. The van der Waals surface area contributed by atoms with E-state index in [-0.39, 0.29) is 32.8 Å². The summed E-state index contributed by atoms with van der Waals surface area (Å²) >= 11 is 0. The van der Waals surface area contributed by atoms with Crippen molar-refractivity contribution in [2.75, 3.05) is 32.8 Å². The molecule has 0 aliphatic carbocycles. The van der Waals surface area contributed by atoms with Crippen LogP contribution in [0.3, 0.4) is 0 Å². The lowest BCUT2D eigenvalue weighted by molar-refractivity contribution is -0.141. The number of urea groups is 1. The molecule has 0 saturated heterocycles. The number of nitrogens with zero attached hydrogens (tertiary/aromatic N) is 1. The molecule has 5 N–H and O–H groups in total. The van der Waals surface area contributed by atoms with Crippen LogP contribution in [0.1, 0.15) is 13.3 Å². The summed E-state index contributed by atoms with van der Waals surface area (Å²) in [4.78, 5) is 23.2. The summed E-state index contributed by atoms with van der Waals surface area (Å²) in [5.41, 5.74) is -1.55. The van der Waals surface area contributed by atoms with Crippen LogP contribution in [0.25, 0.3) is 0 Å². The molecule has 106 valence electrons. The average molecular weight is 264 g/mol. The number of carbonyl (C=O) groups is 2. The lowest BCUT2D eigenvalue weighted by Crippen LogP contribution is -2.48. The van der Waals surface area contributed by atoms with Gasteiger partial charge in [-0.15, -0.1) is 0 Å². The van der Waals surface area contributed by atoms with Gasteiger partial charge in [0.25, 0.3) is 0 Å². The Morgan fingerprint density at radius 2 is 1.72 bits per heavy atom. The van der Waals surface area contributed by atoms with Crippen molar-refractivity contribution in [1.29, 1.82) is 0 Å². The van der Waals surface area contributed by atoms with E-state index in [0.717, 1.165) is 4.90 Å². The van der Waals surface area contributed by atoms with Crippen molar-refractivity contribution in [2.24, 2.45) is 0 Å². The predicted octanol–water partition coefficient (Wildman–Crippen LogP) is -1.79. The summed E-state index contributed by atoms with van der Waals surface area (Å²) in [5.74, 6) is -1.17. The molecular formula is C10H20N2O6. The predicted molar refractivity (Wildman–Crippen MR) is 62.0 cm³/mol. The normalized spacial score (nSPS) is 13.8. The van der Waals surface area contributed by atoms with Gasteiger partial charge in [-0.25, -0.2) is 4.79 Å². The number of aliphatic carboxylic acids is 1. The Morgan fingerprint density at radius 1 is 1.22 bits per heavy atom. The van der Waals surface area contributed by atoms with Gasteiger partial charge < -0.3 is 30.6 Å². The summed E-state index contributed by atoms with van der Waals surface area (Å²) in [6.07, 6.45) is -0.493. The molecule has 2 amide bonds. The molecule has 0 aromatic heterocycles. The Bertz CT molecular complexity index is 276. The highest BCUT2D eigenvalue weighted by Crippen LogP contribution is 2.07. The van der Waals surface area contributed by atoms with Crippen molar-refractivity contribution in [3.05, 3.63) is 0 Å². The highest BCUT2D eigenvalue weighted by molar-refractivity contribution is 5.74. The molecule has 8 heteroatoms. The van der Waals surface area contributed by atoms with E-state index in [1.807, 2.05) is 0 Å². The number of aliphatic hydroxyl groups excluding tert-OH is 2. The minimum atomic E-state index is -1.55. The van der Waals surface area contributed by atoms with Crippen LogP contribution in [0.15, 0.2) is 0 Å². The van der Waals surface area contributed by atoms with E-state index in [2.05, 4.69) is 5.32 Å². The van der Waals surface area contributed by atoms with Gasteiger partial charge >= 0.3 is 12.0 Å². The highest BCUT2D eigenvalue weighted by Gasteiger charge is 2.25. The van der Waals surface area contributed by atoms with Crippen LogP contribution in [-0.4, -0.2) is 75.8 Å². The Hall–Kier alpha value is -1.38. The summed E-state index contributed by atoms with van der Waals surface area (Å²) in [6, 6.07) is -0.580. The second kappa shape index (κ2) is 7.85. The lowest BCUT2D eigenvalue weighted by atomic mass is 10.0. The SMILES string of the molecule is CC(O)(CNC(=O)N(CCO)CCO)CC(=O)O. The van der Waals surface area contributed by atoms with Crippen LogP contribution in [0.4, 0.5) is 4.79 Å². The van der Waals surface area contributed by atoms with E-state index in [1.165, 1.54) is 6.92 Å². The fraction of sp³-hybridized carbons (Fsp3) is 0.800.